The number of ether oxygens (including phenoxy) is 2. The van der Waals surface area contributed by atoms with Crippen LogP contribution in [0.3, 0.4) is 0 Å². The number of primary amides is 1. The van der Waals surface area contributed by atoms with E-state index in [2.05, 4.69) is 12.2 Å². The predicted molar refractivity (Wildman–Crippen MR) is 80.7 cm³/mol. The topological polar surface area (TPSA) is 73.6 Å². The molecule has 1 aromatic carbocycles. The molecule has 3 rings (SSSR count). The second kappa shape index (κ2) is 5.75. The molecule has 1 aliphatic rings. The number of carbonyl (C=O) groups is 1. The number of amides is 1. The van der Waals surface area contributed by atoms with E-state index >= 15 is 0 Å². The molecule has 0 aliphatic carbocycles. The molecule has 0 saturated carbocycles. The van der Waals surface area contributed by atoms with Crippen molar-refractivity contribution in [1.29, 1.82) is 0 Å². The maximum absolute atomic E-state index is 11.1. The molecule has 3 N–H and O–H groups in total. The van der Waals surface area contributed by atoms with Gasteiger partial charge in [-0.3, -0.25) is 4.79 Å². The van der Waals surface area contributed by atoms with Crippen molar-refractivity contribution in [2.24, 2.45) is 5.73 Å². The fourth-order valence-electron chi connectivity index (χ4n) is 2.16. The van der Waals surface area contributed by atoms with Crippen molar-refractivity contribution < 1.29 is 14.3 Å². The third-order valence-electron chi connectivity index (χ3n) is 3.42. The van der Waals surface area contributed by atoms with E-state index in [0.29, 0.717) is 12.1 Å². The van der Waals surface area contributed by atoms with Crippen LogP contribution in [0.15, 0.2) is 29.6 Å². The number of rotatable bonds is 5. The molecule has 110 valence electrons. The van der Waals surface area contributed by atoms with Gasteiger partial charge < -0.3 is 20.5 Å². The first-order chi connectivity index (χ1) is 10.1. The fraction of sp³-hybridized carbons (Fsp3) is 0.267. The molecule has 0 bridgehead atoms. The summed E-state index contributed by atoms with van der Waals surface area (Å²) in [5.74, 6) is 1.19. The molecular weight excluding hydrogens is 288 g/mol. The Balaban J connectivity index is 1.63. The molecule has 2 aromatic rings. The molecule has 5 nitrogen and oxygen atoms in total. The van der Waals surface area contributed by atoms with E-state index in [1.165, 1.54) is 11.3 Å². The molecule has 6 heteroatoms. The maximum atomic E-state index is 11.1. The van der Waals surface area contributed by atoms with Crippen LogP contribution < -0.4 is 20.5 Å². The van der Waals surface area contributed by atoms with Gasteiger partial charge in [-0.05, 0) is 30.7 Å². The Morgan fingerprint density at radius 1 is 1.38 bits per heavy atom. The number of thiophene rings is 1. The zero-order valence-electron chi connectivity index (χ0n) is 11.6. The van der Waals surface area contributed by atoms with Crippen molar-refractivity contribution in [3.63, 3.8) is 0 Å². The van der Waals surface area contributed by atoms with Crippen molar-refractivity contribution in [2.75, 3.05) is 6.79 Å². The normalized spacial score (nSPS) is 14.1. The summed E-state index contributed by atoms with van der Waals surface area (Å²) >= 11 is 1.53. The quantitative estimate of drug-likeness (QED) is 0.889. The monoisotopic (exact) mass is 304 g/mol. The summed E-state index contributed by atoms with van der Waals surface area (Å²) in [5, 5.41) is 5.20. The smallest absolute Gasteiger partial charge is 0.249 e. The largest absolute Gasteiger partial charge is 0.454 e. The van der Waals surface area contributed by atoms with Crippen LogP contribution in [-0.2, 0) is 6.54 Å². The van der Waals surface area contributed by atoms with E-state index in [1.54, 1.807) is 5.38 Å². The van der Waals surface area contributed by atoms with Crippen LogP contribution in [0.4, 0.5) is 0 Å². The van der Waals surface area contributed by atoms with Gasteiger partial charge in [-0.15, -0.1) is 11.3 Å². The minimum atomic E-state index is -0.388. The Labute approximate surface area is 126 Å². The summed E-state index contributed by atoms with van der Waals surface area (Å²) in [4.78, 5) is 12.1. The van der Waals surface area contributed by atoms with Crippen LogP contribution in [0, 0.1) is 0 Å². The minimum Gasteiger partial charge on any atom is -0.454 e. The van der Waals surface area contributed by atoms with E-state index < -0.39 is 0 Å². The second-order valence-electron chi connectivity index (χ2n) is 4.88. The Kier molecular flexibility index (Phi) is 3.81. The second-order valence-corrected chi connectivity index (χ2v) is 5.88. The standard InChI is InChI=1S/C15H16N2O3S/c1-9(10-2-3-13-14(5-10)20-8-19-13)17-6-12-4-11(7-21-12)15(16)18/h2-5,7,9,17H,6,8H2,1H3,(H2,16,18). The molecule has 21 heavy (non-hydrogen) atoms. The number of hydrogen-bond donors (Lipinski definition) is 2. The highest BCUT2D eigenvalue weighted by Gasteiger charge is 2.15. The Morgan fingerprint density at radius 2 is 2.19 bits per heavy atom. The van der Waals surface area contributed by atoms with E-state index in [-0.39, 0.29) is 18.7 Å². The van der Waals surface area contributed by atoms with Gasteiger partial charge >= 0.3 is 0 Å². The summed E-state index contributed by atoms with van der Waals surface area (Å²) in [6.07, 6.45) is 0. The summed E-state index contributed by atoms with van der Waals surface area (Å²) in [6.45, 7) is 3.05. The number of benzene rings is 1. The molecule has 0 radical (unpaired) electrons. The van der Waals surface area contributed by atoms with Crippen molar-refractivity contribution in [3.8, 4) is 11.5 Å². The molecule has 1 unspecified atom stereocenters. The van der Waals surface area contributed by atoms with Crippen LogP contribution in [-0.4, -0.2) is 12.7 Å². The lowest BCUT2D eigenvalue weighted by molar-refractivity contribution is 0.100. The predicted octanol–water partition coefficient (Wildman–Crippen LogP) is 2.43. The summed E-state index contributed by atoms with van der Waals surface area (Å²) in [5.41, 5.74) is 6.94. The lowest BCUT2D eigenvalue weighted by atomic mass is 10.1. The lowest BCUT2D eigenvalue weighted by Crippen LogP contribution is -2.17. The van der Waals surface area contributed by atoms with Gasteiger partial charge in [-0.1, -0.05) is 6.07 Å². The van der Waals surface area contributed by atoms with Crippen molar-refractivity contribution in [2.45, 2.75) is 19.5 Å². The highest BCUT2D eigenvalue weighted by molar-refractivity contribution is 7.10. The van der Waals surface area contributed by atoms with Crippen molar-refractivity contribution in [3.05, 3.63) is 45.6 Å². The van der Waals surface area contributed by atoms with Gasteiger partial charge in [-0.25, -0.2) is 0 Å². The van der Waals surface area contributed by atoms with Crippen LogP contribution in [0.1, 0.15) is 33.8 Å². The third-order valence-corrected chi connectivity index (χ3v) is 4.35. The zero-order chi connectivity index (χ0) is 14.8. The third kappa shape index (κ3) is 3.01. The van der Waals surface area contributed by atoms with Crippen LogP contribution in [0.5, 0.6) is 11.5 Å². The van der Waals surface area contributed by atoms with Crippen molar-refractivity contribution in [1.82, 2.24) is 5.32 Å². The van der Waals surface area contributed by atoms with Gasteiger partial charge in [0.2, 0.25) is 12.7 Å². The summed E-state index contributed by atoms with van der Waals surface area (Å²) in [7, 11) is 0. The lowest BCUT2D eigenvalue weighted by Gasteiger charge is -2.14. The molecule has 1 aliphatic heterocycles. The first kappa shape index (κ1) is 13.9. The molecule has 1 atom stereocenters. The van der Waals surface area contributed by atoms with Crippen LogP contribution >= 0.6 is 11.3 Å². The zero-order valence-corrected chi connectivity index (χ0v) is 12.4. The Bertz CT molecular complexity index is 669. The van der Waals surface area contributed by atoms with Crippen molar-refractivity contribution >= 4 is 17.2 Å². The van der Waals surface area contributed by atoms with Crippen LogP contribution in [0.2, 0.25) is 0 Å². The van der Waals surface area contributed by atoms with Gasteiger partial charge in [-0.2, -0.15) is 0 Å². The first-order valence-corrected chi connectivity index (χ1v) is 7.51. The summed E-state index contributed by atoms with van der Waals surface area (Å²) in [6, 6.07) is 7.93. The molecular formula is C15H16N2O3S. The van der Waals surface area contributed by atoms with E-state index in [4.69, 9.17) is 15.2 Å². The summed E-state index contributed by atoms with van der Waals surface area (Å²) < 4.78 is 10.7. The number of nitrogens with two attached hydrogens (primary N) is 1. The number of hydrogen-bond acceptors (Lipinski definition) is 5. The molecule has 0 saturated heterocycles. The number of fused-ring (bicyclic) bond motifs is 1. The highest BCUT2D eigenvalue weighted by Crippen LogP contribution is 2.34. The molecule has 1 aromatic heterocycles. The molecule has 0 fully saturated rings. The Hall–Kier alpha value is -2.05. The van der Waals surface area contributed by atoms with Gasteiger partial charge in [0.1, 0.15) is 0 Å². The first-order valence-electron chi connectivity index (χ1n) is 6.63. The maximum Gasteiger partial charge on any atom is 0.249 e. The van der Waals surface area contributed by atoms with Gasteiger partial charge in [0, 0.05) is 22.8 Å². The van der Waals surface area contributed by atoms with E-state index in [9.17, 15) is 4.79 Å². The number of carbonyl (C=O) groups excluding carboxylic acids is 1. The Morgan fingerprint density at radius 3 is 2.95 bits per heavy atom. The minimum absolute atomic E-state index is 0.165. The van der Waals surface area contributed by atoms with Gasteiger partial charge in [0.15, 0.2) is 11.5 Å². The molecule has 1 amide bonds. The van der Waals surface area contributed by atoms with Gasteiger partial charge in [0.05, 0.1) is 5.56 Å². The molecule has 0 spiro atoms. The van der Waals surface area contributed by atoms with E-state index in [0.717, 1.165) is 21.9 Å². The fourth-order valence-corrected chi connectivity index (χ4v) is 2.98. The van der Waals surface area contributed by atoms with E-state index in [1.807, 2.05) is 24.3 Å². The average molecular weight is 304 g/mol. The SMILES string of the molecule is CC(NCc1cc(C(N)=O)cs1)c1ccc2c(c1)OCO2. The van der Waals surface area contributed by atoms with Gasteiger partial charge in [0.25, 0.3) is 0 Å². The highest BCUT2D eigenvalue weighted by atomic mass is 32.1. The average Bonchev–Trinajstić information content (AvgIpc) is 3.12. The van der Waals surface area contributed by atoms with Crippen LogP contribution in [0.25, 0.3) is 0 Å². The molecule has 2 heterocycles. The number of nitrogens with one attached hydrogen (secondary N) is 1.